The van der Waals surface area contributed by atoms with Crippen molar-refractivity contribution in [2.24, 2.45) is 5.92 Å². The van der Waals surface area contributed by atoms with E-state index in [0.717, 1.165) is 40.7 Å². The van der Waals surface area contributed by atoms with Crippen LogP contribution in [0.3, 0.4) is 0 Å². The lowest BCUT2D eigenvalue weighted by Gasteiger charge is -2.15. The van der Waals surface area contributed by atoms with E-state index in [0.29, 0.717) is 28.8 Å². The van der Waals surface area contributed by atoms with Crippen LogP contribution in [0, 0.1) is 12.8 Å². The van der Waals surface area contributed by atoms with E-state index in [2.05, 4.69) is 39.9 Å². The lowest BCUT2D eigenvalue weighted by atomic mass is 10.0. The van der Waals surface area contributed by atoms with Crippen LogP contribution in [-0.2, 0) is 19.8 Å². The molecule has 3 aromatic heterocycles. The van der Waals surface area contributed by atoms with Gasteiger partial charge in [-0.15, -0.1) is 0 Å². The van der Waals surface area contributed by atoms with Crippen LogP contribution in [0.2, 0.25) is 0 Å². The first-order chi connectivity index (χ1) is 14.4. The summed E-state index contributed by atoms with van der Waals surface area (Å²) < 4.78 is 2.05. The largest absolute Gasteiger partial charge is 0.392 e. The van der Waals surface area contributed by atoms with E-state index >= 15 is 0 Å². The number of hydrogen-bond donors (Lipinski definition) is 3. The molecule has 0 aliphatic carbocycles. The van der Waals surface area contributed by atoms with E-state index in [9.17, 15) is 10.2 Å². The monoisotopic (exact) mass is 407 g/mol. The summed E-state index contributed by atoms with van der Waals surface area (Å²) in [6.45, 7) is 10.7. The molecule has 0 radical (unpaired) electrons. The first-order valence-corrected chi connectivity index (χ1v) is 10.1. The molecule has 0 aliphatic heterocycles. The molecule has 1 atom stereocenters. The molecule has 0 amide bonds. The third-order valence-corrected chi connectivity index (χ3v) is 5.43. The summed E-state index contributed by atoms with van der Waals surface area (Å²) in [6, 6.07) is 1.87. The summed E-state index contributed by atoms with van der Waals surface area (Å²) >= 11 is 0. The van der Waals surface area contributed by atoms with Gasteiger partial charge in [0.2, 0.25) is 0 Å². The van der Waals surface area contributed by atoms with Gasteiger partial charge in [-0.1, -0.05) is 32.9 Å². The van der Waals surface area contributed by atoms with Crippen LogP contribution >= 0.6 is 0 Å². The van der Waals surface area contributed by atoms with Gasteiger partial charge < -0.3 is 20.5 Å². The molecule has 1 unspecified atom stereocenters. The first-order valence-electron chi connectivity index (χ1n) is 10.1. The molecule has 0 spiro atoms. The topological polar surface area (TPSA) is 110 Å². The number of anilines is 1. The lowest BCUT2D eigenvalue weighted by Crippen LogP contribution is -2.11. The summed E-state index contributed by atoms with van der Waals surface area (Å²) in [5.41, 5.74) is 11.8. The minimum Gasteiger partial charge on any atom is -0.392 e. The second-order valence-corrected chi connectivity index (χ2v) is 7.56. The van der Waals surface area contributed by atoms with Gasteiger partial charge in [-0.3, -0.25) is 4.98 Å². The Kier molecular flexibility index (Phi) is 6.64. The van der Waals surface area contributed by atoms with Crippen molar-refractivity contribution in [1.82, 2.24) is 19.5 Å². The fourth-order valence-electron chi connectivity index (χ4n) is 3.48. The minimum atomic E-state index is -0.160. The van der Waals surface area contributed by atoms with Crippen LogP contribution in [0.25, 0.3) is 22.7 Å². The number of nitrogens with two attached hydrogens (primary N) is 1. The van der Waals surface area contributed by atoms with Gasteiger partial charge in [-0.25, -0.2) is 9.97 Å². The molecular formula is C23H29N5O2. The number of nitrogen functional groups attached to an aromatic ring is 1. The number of pyridine rings is 2. The van der Waals surface area contributed by atoms with Crippen molar-refractivity contribution in [2.75, 3.05) is 5.73 Å². The molecule has 3 aromatic rings. The van der Waals surface area contributed by atoms with E-state index in [1.54, 1.807) is 18.5 Å². The maximum Gasteiger partial charge on any atom is 0.152 e. The molecule has 0 aromatic carbocycles. The Bertz CT molecular complexity index is 1100. The molecule has 30 heavy (non-hydrogen) atoms. The third kappa shape index (κ3) is 4.13. The molecular weight excluding hydrogens is 378 g/mol. The fourth-order valence-corrected chi connectivity index (χ4v) is 3.48. The molecule has 0 fully saturated rings. The number of imidazole rings is 1. The van der Waals surface area contributed by atoms with E-state index in [-0.39, 0.29) is 13.2 Å². The summed E-state index contributed by atoms with van der Waals surface area (Å²) in [5.74, 6) is 1.34. The van der Waals surface area contributed by atoms with Crippen molar-refractivity contribution in [3.63, 3.8) is 0 Å². The van der Waals surface area contributed by atoms with Gasteiger partial charge in [-0.2, -0.15) is 0 Å². The summed E-state index contributed by atoms with van der Waals surface area (Å²) in [6.07, 6.45) is 8.01. The van der Waals surface area contributed by atoms with Crippen LogP contribution in [0.5, 0.6) is 0 Å². The highest BCUT2D eigenvalue weighted by atomic mass is 16.3. The van der Waals surface area contributed by atoms with Crippen molar-refractivity contribution < 1.29 is 10.2 Å². The molecule has 4 N–H and O–H groups in total. The van der Waals surface area contributed by atoms with Crippen LogP contribution in [0.1, 0.15) is 48.5 Å². The third-order valence-electron chi connectivity index (χ3n) is 5.43. The van der Waals surface area contributed by atoms with E-state index in [1.807, 2.05) is 19.1 Å². The van der Waals surface area contributed by atoms with Crippen LogP contribution in [0.15, 0.2) is 31.1 Å². The highest BCUT2D eigenvalue weighted by Crippen LogP contribution is 2.30. The molecule has 3 rings (SSSR count). The Hall–Kier alpha value is -3.03. The highest BCUT2D eigenvalue weighted by molar-refractivity contribution is 5.94. The van der Waals surface area contributed by atoms with Crippen LogP contribution in [-0.4, -0.2) is 29.7 Å². The van der Waals surface area contributed by atoms with E-state index in [4.69, 9.17) is 5.73 Å². The number of aromatic nitrogens is 4. The van der Waals surface area contributed by atoms with Gasteiger partial charge in [-0.05, 0) is 36.1 Å². The number of fused-ring (bicyclic) bond motifs is 1. The zero-order chi connectivity index (χ0) is 21.8. The van der Waals surface area contributed by atoms with E-state index < -0.39 is 0 Å². The minimum absolute atomic E-state index is 0.0832. The molecule has 7 heteroatoms. The maximum absolute atomic E-state index is 9.84. The van der Waals surface area contributed by atoms with Gasteiger partial charge >= 0.3 is 0 Å². The molecule has 0 aliphatic rings. The molecule has 0 saturated carbocycles. The Morgan fingerprint density at radius 3 is 2.67 bits per heavy atom. The zero-order valence-corrected chi connectivity index (χ0v) is 17.8. The Labute approximate surface area is 176 Å². The van der Waals surface area contributed by atoms with Crippen molar-refractivity contribution in [3.05, 3.63) is 59.3 Å². The van der Waals surface area contributed by atoms with Crippen LogP contribution in [0.4, 0.5) is 5.82 Å². The van der Waals surface area contributed by atoms with Crippen molar-refractivity contribution in [2.45, 2.75) is 47.0 Å². The second-order valence-electron chi connectivity index (χ2n) is 7.56. The number of nitrogens with zero attached hydrogens (tertiary/aromatic N) is 4. The standard InChI is InChI=1S/C23H29N5O2/c1-5-14(3)11-28-20(13-30)27-21-22(28)15(4)19(26-23(21)24)8-17(6-2)18-7-16(12-29)9-25-10-18/h6-10,14,29-30H,2,5,11-13H2,1,3-4H3,(H2,24,26)/b17-8+. The normalized spacial score (nSPS) is 13.0. The number of aliphatic hydroxyl groups is 2. The number of aliphatic hydroxyl groups excluding tert-OH is 2. The second kappa shape index (κ2) is 9.19. The quantitative estimate of drug-likeness (QED) is 0.493. The number of hydrogen-bond acceptors (Lipinski definition) is 6. The van der Waals surface area contributed by atoms with Gasteiger partial charge in [0.05, 0.1) is 17.8 Å². The molecule has 3 heterocycles. The average molecular weight is 408 g/mol. The van der Waals surface area contributed by atoms with Crippen LogP contribution < -0.4 is 5.73 Å². The molecule has 0 saturated heterocycles. The smallest absolute Gasteiger partial charge is 0.152 e. The number of allylic oxidation sites excluding steroid dienone is 2. The SMILES string of the molecule is C=C/C(=C\c1nc(N)c2nc(CO)n(CC(C)CC)c2c1C)c1cncc(CO)c1. The predicted octanol–water partition coefficient (Wildman–Crippen LogP) is 3.47. The summed E-state index contributed by atoms with van der Waals surface area (Å²) in [4.78, 5) is 13.3. The average Bonchev–Trinajstić information content (AvgIpc) is 3.14. The molecule has 0 bridgehead atoms. The number of aryl methyl sites for hydroxylation is 1. The fraction of sp³-hybridized carbons (Fsp3) is 0.348. The zero-order valence-electron chi connectivity index (χ0n) is 17.8. The predicted molar refractivity (Wildman–Crippen MR) is 120 cm³/mol. The van der Waals surface area contributed by atoms with Gasteiger partial charge in [0.1, 0.15) is 17.9 Å². The van der Waals surface area contributed by atoms with Crippen molar-refractivity contribution in [3.8, 4) is 0 Å². The van der Waals surface area contributed by atoms with Crippen molar-refractivity contribution >= 4 is 28.5 Å². The van der Waals surface area contributed by atoms with Crippen molar-refractivity contribution in [1.29, 1.82) is 0 Å². The van der Waals surface area contributed by atoms with Gasteiger partial charge in [0.25, 0.3) is 0 Å². The van der Waals surface area contributed by atoms with E-state index in [1.165, 1.54) is 0 Å². The first kappa shape index (κ1) is 21.7. The Balaban J connectivity index is 2.20. The Morgan fingerprint density at radius 2 is 2.03 bits per heavy atom. The Morgan fingerprint density at radius 1 is 1.27 bits per heavy atom. The lowest BCUT2D eigenvalue weighted by molar-refractivity contribution is 0.263. The summed E-state index contributed by atoms with van der Waals surface area (Å²) in [5, 5.41) is 19.2. The number of rotatable bonds is 8. The summed E-state index contributed by atoms with van der Waals surface area (Å²) in [7, 11) is 0. The maximum atomic E-state index is 9.84. The van der Waals surface area contributed by atoms with Gasteiger partial charge in [0, 0.05) is 30.1 Å². The highest BCUT2D eigenvalue weighted by Gasteiger charge is 2.19. The molecule has 7 nitrogen and oxygen atoms in total. The van der Waals surface area contributed by atoms with Gasteiger partial charge in [0.15, 0.2) is 5.82 Å². The molecule has 158 valence electrons.